The molecule has 9 aromatic rings. The van der Waals surface area contributed by atoms with Crippen molar-refractivity contribution in [1.29, 1.82) is 0 Å². The smallest absolute Gasteiger partial charge is 0.0626 e. The molecular weight excluding hydrogens is 494 g/mol. The van der Waals surface area contributed by atoms with Crippen molar-refractivity contribution >= 4 is 64.9 Å². The molecule has 190 valence electrons. The Labute approximate surface area is 237 Å². The first kappa shape index (κ1) is 22.4. The van der Waals surface area contributed by atoms with Gasteiger partial charge >= 0.3 is 0 Å². The van der Waals surface area contributed by atoms with Crippen LogP contribution < -0.4 is 0 Å². The summed E-state index contributed by atoms with van der Waals surface area (Å²) in [5.74, 6) is 0. The Morgan fingerprint density at radius 3 is 1.80 bits per heavy atom. The van der Waals surface area contributed by atoms with E-state index in [4.69, 9.17) is 0 Å². The number of hydrogen-bond acceptors (Lipinski definition) is 0. The van der Waals surface area contributed by atoms with Crippen molar-refractivity contribution in [2.24, 2.45) is 0 Å². The van der Waals surface area contributed by atoms with E-state index >= 15 is 0 Å². The molecule has 0 aliphatic heterocycles. The van der Waals surface area contributed by atoms with Crippen LogP contribution in [0.15, 0.2) is 152 Å². The highest BCUT2D eigenvalue weighted by molar-refractivity contribution is 6.37. The summed E-state index contributed by atoms with van der Waals surface area (Å²) in [7, 11) is 0. The van der Waals surface area contributed by atoms with E-state index in [-0.39, 0.29) is 0 Å². The average Bonchev–Trinajstić information content (AvgIpc) is 3.39. The fourth-order valence-electron chi connectivity index (χ4n) is 7.04. The molecule has 0 aliphatic rings. The van der Waals surface area contributed by atoms with Crippen molar-refractivity contribution in [2.45, 2.75) is 0 Å². The molecule has 0 atom stereocenters. The standard InChI is InChI=1S/C40H25N/c1-2-12-26(13-3-1)28-24-25-37(32-18-8-6-16-30(28)32)41-36-21-11-10-20-35(36)39-38-29-15-5-4-14-27(29)22-23-33(38)31-17-7-9-19-34(31)40(39)41/h1-25H. The molecule has 0 amide bonds. The molecule has 9 rings (SSSR count). The van der Waals surface area contributed by atoms with Gasteiger partial charge in [0.2, 0.25) is 0 Å². The first-order chi connectivity index (χ1) is 20.4. The summed E-state index contributed by atoms with van der Waals surface area (Å²) in [5, 5.41) is 12.9. The Balaban J connectivity index is 1.54. The normalized spacial score (nSPS) is 11.9. The minimum atomic E-state index is 1.20. The summed E-state index contributed by atoms with van der Waals surface area (Å²) in [6.07, 6.45) is 0. The maximum absolute atomic E-state index is 2.52. The van der Waals surface area contributed by atoms with Crippen LogP contribution in [0.2, 0.25) is 0 Å². The lowest BCUT2D eigenvalue weighted by Gasteiger charge is -2.16. The lowest BCUT2D eigenvalue weighted by Crippen LogP contribution is -1.97. The second-order valence-corrected chi connectivity index (χ2v) is 10.9. The number of para-hydroxylation sites is 1. The quantitative estimate of drug-likeness (QED) is 0.200. The Hall–Kier alpha value is -5.40. The lowest BCUT2D eigenvalue weighted by molar-refractivity contribution is 1.20. The van der Waals surface area contributed by atoms with Crippen molar-refractivity contribution in [3.63, 3.8) is 0 Å². The third-order valence-electron chi connectivity index (χ3n) is 8.75. The number of aromatic nitrogens is 1. The number of fused-ring (bicyclic) bond motifs is 11. The van der Waals surface area contributed by atoms with Crippen molar-refractivity contribution in [3.8, 4) is 16.8 Å². The van der Waals surface area contributed by atoms with Crippen LogP contribution >= 0.6 is 0 Å². The Morgan fingerprint density at radius 1 is 0.341 bits per heavy atom. The van der Waals surface area contributed by atoms with E-state index in [2.05, 4.69) is 156 Å². The molecule has 0 fully saturated rings. The summed E-state index contributed by atoms with van der Waals surface area (Å²) < 4.78 is 2.52. The van der Waals surface area contributed by atoms with Gasteiger partial charge < -0.3 is 4.57 Å². The Bertz CT molecular complexity index is 2460. The second-order valence-electron chi connectivity index (χ2n) is 10.9. The summed E-state index contributed by atoms with van der Waals surface area (Å²) in [5.41, 5.74) is 6.19. The molecule has 0 aliphatic carbocycles. The molecule has 1 nitrogen and oxygen atoms in total. The molecule has 0 saturated carbocycles. The molecule has 1 heterocycles. The van der Waals surface area contributed by atoms with E-state index in [0.29, 0.717) is 0 Å². The van der Waals surface area contributed by atoms with E-state index in [1.165, 1.54) is 81.7 Å². The first-order valence-electron chi connectivity index (χ1n) is 14.2. The molecule has 41 heavy (non-hydrogen) atoms. The maximum Gasteiger partial charge on any atom is 0.0626 e. The molecule has 1 aromatic heterocycles. The van der Waals surface area contributed by atoms with Gasteiger partial charge in [-0.25, -0.2) is 0 Å². The first-order valence-corrected chi connectivity index (χ1v) is 14.2. The SMILES string of the molecule is c1ccc(-c2ccc(-n3c4ccccc4c4c5c6ccccc6ccc5c5ccccc5c43)c3ccccc23)cc1. The van der Waals surface area contributed by atoms with Gasteiger partial charge in [-0.2, -0.15) is 0 Å². The third-order valence-corrected chi connectivity index (χ3v) is 8.75. The number of benzene rings is 8. The molecule has 8 aromatic carbocycles. The van der Waals surface area contributed by atoms with Crippen molar-refractivity contribution in [3.05, 3.63) is 152 Å². The average molecular weight is 520 g/mol. The van der Waals surface area contributed by atoms with E-state index < -0.39 is 0 Å². The molecule has 0 unspecified atom stereocenters. The van der Waals surface area contributed by atoms with Gasteiger partial charge in [0.05, 0.1) is 16.7 Å². The Kier molecular flexibility index (Phi) is 4.67. The highest BCUT2D eigenvalue weighted by Crippen LogP contribution is 2.45. The molecule has 0 bridgehead atoms. The van der Waals surface area contributed by atoms with E-state index in [1.54, 1.807) is 0 Å². The van der Waals surface area contributed by atoms with E-state index in [1.807, 2.05) is 0 Å². The third kappa shape index (κ3) is 3.12. The topological polar surface area (TPSA) is 4.93 Å². The van der Waals surface area contributed by atoms with Gasteiger partial charge in [0.15, 0.2) is 0 Å². The zero-order valence-electron chi connectivity index (χ0n) is 22.4. The van der Waals surface area contributed by atoms with Crippen LogP contribution in [-0.4, -0.2) is 4.57 Å². The molecule has 0 radical (unpaired) electrons. The summed E-state index contributed by atoms with van der Waals surface area (Å²) in [6.45, 7) is 0. The zero-order valence-corrected chi connectivity index (χ0v) is 22.4. The molecule has 0 N–H and O–H groups in total. The summed E-state index contributed by atoms with van der Waals surface area (Å²) in [6, 6.07) is 55.4. The van der Waals surface area contributed by atoms with Gasteiger partial charge in [0.1, 0.15) is 0 Å². The number of rotatable bonds is 2. The second kappa shape index (κ2) is 8.55. The largest absolute Gasteiger partial charge is 0.308 e. The van der Waals surface area contributed by atoms with Gasteiger partial charge in [-0.15, -0.1) is 0 Å². The molecule has 0 spiro atoms. The fraction of sp³-hybridized carbons (Fsp3) is 0. The monoisotopic (exact) mass is 519 g/mol. The van der Waals surface area contributed by atoms with Crippen LogP contribution in [0.4, 0.5) is 0 Å². The van der Waals surface area contributed by atoms with E-state index in [0.717, 1.165) is 0 Å². The van der Waals surface area contributed by atoms with Gasteiger partial charge in [-0.3, -0.25) is 0 Å². The van der Waals surface area contributed by atoms with Crippen LogP contribution in [0, 0.1) is 0 Å². The maximum atomic E-state index is 2.52. The van der Waals surface area contributed by atoms with E-state index in [9.17, 15) is 0 Å². The van der Waals surface area contributed by atoms with Gasteiger partial charge in [0, 0.05) is 26.9 Å². The predicted octanol–water partition coefficient (Wildman–Crippen LogP) is 11.1. The van der Waals surface area contributed by atoms with Gasteiger partial charge in [0.25, 0.3) is 0 Å². The minimum absolute atomic E-state index is 1.20. The zero-order chi connectivity index (χ0) is 26.9. The fourth-order valence-corrected chi connectivity index (χ4v) is 7.04. The highest BCUT2D eigenvalue weighted by Gasteiger charge is 2.21. The molecular formula is C40H25N. The van der Waals surface area contributed by atoms with Gasteiger partial charge in [-0.1, -0.05) is 140 Å². The molecule has 0 saturated heterocycles. The van der Waals surface area contributed by atoms with Crippen molar-refractivity contribution < 1.29 is 0 Å². The van der Waals surface area contributed by atoms with Crippen LogP contribution in [0.3, 0.4) is 0 Å². The molecule has 1 heteroatoms. The summed E-state index contributed by atoms with van der Waals surface area (Å²) in [4.78, 5) is 0. The van der Waals surface area contributed by atoms with Crippen LogP contribution in [0.5, 0.6) is 0 Å². The Morgan fingerprint density at radius 2 is 0.976 bits per heavy atom. The van der Waals surface area contributed by atoms with Crippen molar-refractivity contribution in [1.82, 2.24) is 4.57 Å². The predicted molar refractivity (Wildman–Crippen MR) is 176 cm³/mol. The lowest BCUT2D eigenvalue weighted by atomic mass is 9.93. The van der Waals surface area contributed by atoms with Crippen LogP contribution in [-0.2, 0) is 0 Å². The van der Waals surface area contributed by atoms with Crippen molar-refractivity contribution in [2.75, 3.05) is 0 Å². The number of hydrogen-bond donors (Lipinski definition) is 0. The van der Waals surface area contributed by atoms with Crippen LogP contribution in [0.25, 0.3) is 81.7 Å². The minimum Gasteiger partial charge on any atom is -0.308 e. The number of nitrogens with zero attached hydrogens (tertiary/aromatic N) is 1. The van der Waals surface area contributed by atoms with Crippen LogP contribution in [0.1, 0.15) is 0 Å². The summed E-state index contributed by atoms with van der Waals surface area (Å²) >= 11 is 0. The highest BCUT2D eigenvalue weighted by atomic mass is 15.0. The van der Waals surface area contributed by atoms with Gasteiger partial charge in [-0.05, 0) is 50.2 Å².